The van der Waals surface area contributed by atoms with Crippen LogP contribution >= 0.6 is 0 Å². The Morgan fingerprint density at radius 1 is 1.00 bits per heavy atom. The Morgan fingerprint density at radius 2 is 1.71 bits per heavy atom. The summed E-state index contributed by atoms with van der Waals surface area (Å²) < 4.78 is 0. The van der Waals surface area contributed by atoms with Crippen molar-refractivity contribution in [2.24, 2.45) is 0 Å². The molecule has 1 aliphatic carbocycles. The molecule has 1 heterocycles. The Morgan fingerprint density at radius 3 is 2.45 bits per heavy atom. The predicted octanol–water partition coefficient (Wildman–Crippen LogP) is 4.75. The van der Waals surface area contributed by atoms with E-state index in [2.05, 4.69) is 90.0 Å². The molecule has 1 aliphatic heterocycles. The van der Waals surface area contributed by atoms with Gasteiger partial charge in [0.25, 0.3) is 5.91 Å². The van der Waals surface area contributed by atoms with Crippen LogP contribution in [0.3, 0.4) is 0 Å². The van der Waals surface area contributed by atoms with E-state index < -0.39 is 0 Å². The van der Waals surface area contributed by atoms with Gasteiger partial charge in [-0.15, -0.1) is 0 Å². The maximum absolute atomic E-state index is 13.5. The van der Waals surface area contributed by atoms with E-state index in [1.165, 1.54) is 16.3 Å². The van der Waals surface area contributed by atoms with Crippen LogP contribution < -0.4 is 15.5 Å². The monoisotopic (exact) mass is 413 g/mol. The summed E-state index contributed by atoms with van der Waals surface area (Å²) in [6.45, 7) is 8.36. The molecule has 0 aromatic heterocycles. The Hall–Kier alpha value is -2.85. The van der Waals surface area contributed by atoms with Crippen LogP contribution in [0, 0.1) is 6.92 Å². The van der Waals surface area contributed by atoms with Gasteiger partial charge >= 0.3 is 0 Å². The van der Waals surface area contributed by atoms with Gasteiger partial charge in [0.15, 0.2) is 0 Å². The lowest BCUT2D eigenvalue weighted by Gasteiger charge is -2.38. The van der Waals surface area contributed by atoms with Crippen LogP contribution in [-0.2, 0) is 5.54 Å². The molecule has 0 radical (unpaired) electrons. The second kappa shape index (κ2) is 7.69. The molecule has 5 rings (SSSR count). The number of anilines is 1. The standard InChI is InChI=1S/C27H31N3O/c1-18-11-12-22(30-16-19(2)28-20(3)17-30)15-24(18)26(31)29-27(13-14-27)25-10-6-8-21-7-4-5-9-23(21)25/h4-12,15,19-20,28H,13-14,16-17H2,1-3H3,(H,29,31)/t19-,20+. The van der Waals surface area contributed by atoms with Crippen molar-refractivity contribution >= 4 is 22.4 Å². The first-order chi connectivity index (χ1) is 14.9. The number of hydrogen-bond acceptors (Lipinski definition) is 3. The second-order valence-corrected chi connectivity index (χ2v) is 9.44. The number of benzene rings is 3. The topological polar surface area (TPSA) is 44.4 Å². The molecule has 1 saturated heterocycles. The van der Waals surface area contributed by atoms with Crippen molar-refractivity contribution in [3.8, 4) is 0 Å². The third-order valence-electron chi connectivity index (χ3n) is 6.80. The lowest BCUT2D eigenvalue weighted by Crippen LogP contribution is -2.54. The van der Waals surface area contributed by atoms with Crippen LogP contribution in [0.1, 0.15) is 48.2 Å². The number of aryl methyl sites for hydroxylation is 1. The highest BCUT2D eigenvalue weighted by molar-refractivity contribution is 5.98. The van der Waals surface area contributed by atoms with Gasteiger partial charge in [-0.1, -0.05) is 48.5 Å². The van der Waals surface area contributed by atoms with E-state index in [-0.39, 0.29) is 11.4 Å². The first kappa shape index (κ1) is 20.1. The molecule has 2 aliphatic rings. The van der Waals surface area contributed by atoms with Crippen molar-refractivity contribution in [2.75, 3.05) is 18.0 Å². The van der Waals surface area contributed by atoms with E-state index in [1.807, 2.05) is 6.92 Å². The first-order valence-electron chi connectivity index (χ1n) is 11.4. The van der Waals surface area contributed by atoms with Gasteiger partial charge < -0.3 is 15.5 Å². The van der Waals surface area contributed by atoms with Crippen LogP contribution in [0.25, 0.3) is 10.8 Å². The molecule has 0 bridgehead atoms. The van der Waals surface area contributed by atoms with E-state index in [0.717, 1.165) is 42.7 Å². The van der Waals surface area contributed by atoms with Crippen LogP contribution in [0.4, 0.5) is 5.69 Å². The van der Waals surface area contributed by atoms with Gasteiger partial charge in [0.2, 0.25) is 0 Å². The molecule has 3 aromatic rings. The zero-order chi connectivity index (χ0) is 21.6. The van der Waals surface area contributed by atoms with E-state index in [1.54, 1.807) is 0 Å². The summed E-state index contributed by atoms with van der Waals surface area (Å²) in [5, 5.41) is 9.45. The molecule has 3 aromatic carbocycles. The predicted molar refractivity (Wildman–Crippen MR) is 128 cm³/mol. The fourth-order valence-electron chi connectivity index (χ4n) is 5.10. The highest BCUT2D eigenvalue weighted by Crippen LogP contribution is 2.48. The lowest BCUT2D eigenvalue weighted by atomic mass is 9.96. The number of nitrogens with zero attached hydrogens (tertiary/aromatic N) is 1. The summed E-state index contributed by atoms with van der Waals surface area (Å²) in [4.78, 5) is 15.8. The smallest absolute Gasteiger partial charge is 0.252 e. The van der Waals surface area contributed by atoms with Crippen LogP contribution in [0.15, 0.2) is 60.7 Å². The molecule has 0 unspecified atom stereocenters. The molecule has 1 saturated carbocycles. The molecule has 2 fully saturated rings. The molecule has 4 heteroatoms. The van der Waals surface area contributed by atoms with Crippen molar-refractivity contribution in [1.29, 1.82) is 0 Å². The third-order valence-corrected chi connectivity index (χ3v) is 6.80. The Labute approximate surface area is 184 Å². The second-order valence-electron chi connectivity index (χ2n) is 9.44. The molecule has 2 N–H and O–H groups in total. The fraction of sp³-hybridized carbons (Fsp3) is 0.370. The van der Waals surface area contributed by atoms with Crippen molar-refractivity contribution in [3.05, 3.63) is 77.4 Å². The number of piperazine rings is 1. The Kier molecular flexibility index (Phi) is 4.98. The Bertz CT molecular complexity index is 1120. The zero-order valence-corrected chi connectivity index (χ0v) is 18.6. The van der Waals surface area contributed by atoms with Crippen LogP contribution in [0.2, 0.25) is 0 Å². The molecular weight excluding hydrogens is 382 g/mol. The summed E-state index contributed by atoms with van der Waals surface area (Å²) >= 11 is 0. The molecule has 1 amide bonds. The maximum atomic E-state index is 13.5. The van der Waals surface area contributed by atoms with E-state index in [4.69, 9.17) is 0 Å². The van der Waals surface area contributed by atoms with E-state index >= 15 is 0 Å². The number of nitrogens with one attached hydrogen (secondary N) is 2. The lowest BCUT2D eigenvalue weighted by molar-refractivity contribution is 0.0930. The van der Waals surface area contributed by atoms with Crippen LogP contribution in [0.5, 0.6) is 0 Å². The molecular formula is C27H31N3O. The van der Waals surface area contributed by atoms with Crippen molar-refractivity contribution in [1.82, 2.24) is 10.6 Å². The number of carbonyl (C=O) groups is 1. The molecule has 31 heavy (non-hydrogen) atoms. The van der Waals surface area contributed by atoms with Crippen molar-refractivity contribution in [2.45, 2.75) is 51.2 Å². The van der Waals surface area contributed by atoms with Crippen LogP contribution in [-0.4, -0.2) is 31.1 Å². The highest BCUT2D eigenvalue weighted by atomic mass is 16.1. The maximum Gasteiger partial charge on any atom is 0.252 e. The SMILES string of the molecule is Cc1ccc(N2C[C@@H](C)N[C@@H](C)C2)cc1C(=O)NC1(c2cccc3ccccc23)CC1. The van der Waals surface area contributed by atoms with Crippen molar-refractivity contribution < 1.29 is 4.79 Å². The minimum Gasteiger partial charge on any atom is -0.368 e. The number of amides is 1. The average Bonchev–Trinajstić information content (AvgIpc) is 3.53. The van der Waals surface area contributed by atoms with E-state index in [0.29, 0.717) is 12.1 Å². The summed E-state index contributed by atoms with van der Waals surface area (Å²) in [6.07, 6.45) is 1.97. The first-order valence-corrected chi connectivity index (χ1v) is 11.4. The minimum absolute atomic E-state index is 0.0287. The number of rotatable bonds is 4. The summed E-state index contributed by atoms with van der Waals surface area (Å²) in [5.74, 6) is 0.0287. The van der Waals surface area contributed by atoms with Gasteiger partial charge in [0, 0.05) is 36.4 Å². The van der Waals surface area contributed by atoms with Gasteiger partial charge in [-0.2, -0.15) is 0 Å². The average molecular weight is 414 g/mol. The van der Waals surface area contributed by atoms with Gasteiger partial charge in [0.05, 0.1) is 5.54 Å². The number of carbonyl (C=O) groups excluding carboxylic acids is 1. The van der Waals surface area contributed by atoms with Gasteiger partial charge in [-0.3, -0.25) is 4.79 Å². The summed E-state index contributed by atoms with van der Waals surface area (Å²) in [6, 6.07) is 22.0. The highest BCUT2D eigenvalue weighted by Gasteiger charge is 2.46. The molecule has 2 atom stereocenters. The molecule has 4 nitrogen and oxygen atoms in total. The van der Waals surface area contributed by atoms with E-state index in [9.17, 15) is 4.79 Å². The van der Waals surface area contributed by atoms with Gasteiger partial charge in [0.1, 0.15) is 0 Å². The Balaban J connectivity index is 1.43. The minimum atomic E-state index is -0.252. The fourth-order valence-corrected chi connectivity index (χ4v) is 5.10. The zero-order valence-electron chi connectivity index (χ0n) is 18.6. The number of fused-ring (bicyclic) bond motifs is 1. The number of hydrogen-bond donors (Lipinski definition) is 2. The largest absolute Gasteiger partial charge is 0.368 e. The molecule has 160 valence electrons. The quantitative estimate of drug-likeness (QED) is 0.649. The summed E-state index contributed by atoms with van der Waals surface area (Å²) in [7, 11) is 0. The molecule has 0 spiro atoms. The third kappa shape index (κ3) is 3.81. The van der Waals surface area contributed by atoms with Crippen molar-refractivity contribution in [3.63, 3.8) is 0 Å². The normalized spacial score (nSPS) is 22.4. The summed E-state index contributed by atoms with van der Waals surface area (Å²) in [5.41, 5.74) is 3.91. The van der Waals surface area contributed by atoms with Gasteiger partial charge in [-0.25, -0.2) is 0 Å². The van der Waals surface area contributed by atoms with Gasteiger partial charge in [-0.05, 0) is 67.6 Å².